The molecule has 2 N–H and O–H groups in total. The van der Waals surface area contributed by atoms with Crippen LogP contribution in [0.5, 0.6) is 5.75 Å². The van der Waals surface area contributed by atoms with Crippen molar-refractivity contribution in [2.45, 2.75) is 32.1 Å². The van der Waals surface area contributed by atoms with E-state index in [-0.39, 0.29) is 0 Å². The van der Waals surface area contributed by atoms with Gasteiger partial charge in [0, 0.05) is 27.3 Å². The fourth-order valence-corrected chi connectivity index (χ4v) is 3.31. The molecule has 0 aromatic heterocycles. The van der Waals surface area contributed by atoms with Gasteiger partial charge in [0.2, 0.25) is 0 Å². The fourth-order valence-electron chi connectivity index (χ4n) is 3.31. The average molecular weight is 333 g/mol. The Kier molecular flexibility index (Phi) is 7.89. The van der Waals surface area contributed by atoms with Gasteiger partial charge in [-0.25, -0.2) is 0 Å². The standard InChI is InChI=1S/C19H31N3O2/c1-20-18(21-13-15-24-17-8-4-3-5-9-17)22-16-19(12-14-23-2)10-6-7-11-19/h3-5,8-9H,6-7,10-16H2,1-2H3,(H2,20,21,22). The van der Waals surface area contributed by atoms with Crippen LogP contribution in [-0.4, -0.2) is 46.4 Å². The van der Waals surface area contributed by atoms with Crippen molar-refractivity contribution in [1.29, 1.82) is 0 Å². The predicted octanol–water partition coefficient (Wildman–Crippen LogP) is 2.83. The number of hydrogen-bond donors (Lipinski definition) is 2. The van der Waals surface area contributed by atoms with Crippen LogP contribution in [0.2, 0.25) is 0 Å². The summed E-state index contributed by atoms with van der Waals surface area (Å²) >= 11 is 0. The predicted molar refractivity (Wildman–Crippen MR) is 98.7 cm³/mol. The highest BCUT2D eigenvalue weighted by molar-refractivity contribution is 5.79. The summed E-state index contributed by atoms with van der Waals surface area (Å²) in [7, 11) is 3.59. The van der Waals surface area contributed by atoms with Crippen molar-refractivity contribution in [1.82, 2.24) is 10.6 Å². The largest absolute Gasteiger partial charge is 0.492 e. The highest BCUT2D eigenvalue weighted by Gasteiger charge is 2.33. The van der Waals surface area contributed by atoms with Gasteiger partial charge in [0.05, 0.1) is 6.54 Å². The summed E-state index contributed by atoms with van der Waals surface area (Å²) in [6.45, 7) is 3.12. The van der Waals surface area contributed by atoms with E-state index < -0.39 is 0 Å². The molecule has 1 aliphatic rings. The zero-order valence-electron chi connectivity index (χ0n) is 15.0. The molecule has 1 aromatic carbocycles. The highest BCUT2D eigenvalue weighted by Crippen LogP contribution is 2.40. The molecule has 1 fully saturated rings. The van der Waals surface area contributed by atoms with Gasteiger partial charge in [-0.3, -0.25) is 4.99 Å². The maximum atomic E-state index is 5.69. The van der Waals surface area contributed by atoms with Crippen molar-refractivity contribution in [3.05, 3.63) is 30.3 Å². The van der Waals surface area contributed by atoms with Gasteiger partial charge in [0.15, 0.2) is 5.96 Å². The zero-order chi connectivity index (χ0) is 17.1. The molecule has 0 amide bonds. The molecule has 0 spiro atoms. The molecule has 0 aliphatic heterocycles. The molecule has 1 saturated carbocycles. The summed E-state index contributed by atoms with van der Waals surface area (Å²) < 4.78 is 11.0. The summed E-state index contributed by atoms with van der Waals surface area (Å²) in [6.07, 6.45) is 6.31. The Morgan fingerprint density at radius 1 is 1.12 bits per heavy atom. The lowest BCUT2D eigenvalue weighted by molar-refractivity contribution is 0.138. The molecule has 1 aromatic rings. The first-order valence-electron chi connectivity index (χ1n) is 8.89. The van der Waals surface area contributed by atoms with Gasteiger partial charge >= 0.3 is 0 Å². The van der Waals surface area contributed by atoms with Gasteiger partial charge < -0.3 is 20.1 Å². The Morgan fingerprint density at radius 2 is 1.88 bits per heavy atom. The van der Waals surface area contributed by atoms with E-state index >= 15 is 0 Å². The normalized spacial score (nSPS) is 16.8. The number of nitrogens with one attached hydrogen (secondary N) is 2. The molecule has 5 heteroatoms. The molecule has 134 valence electrons. The van der Waals surface area contributed by atoms with Crippen LogP contribution in [0.4, 0.5) is 0 Å². The minimum absolute atomic E-state index is 0.355. The summed E-state index contributed by atoms with van der Waals surface area (Å²) in [5.74, 6) is 1.74. The summed E-state index contributed by atoms with van der Waals surface area (Å²) in [5.41, 5.74) is 0.355. The third-order valence-electron chi connectivity index (χ3n) is 4.76. The van der Waals surface area contributed by atoms with E-state index in [0.717, 1.165) is 37.8 Å². The molecule has 24 heavy (non-hydrogen) atoms. The lowest BCUT2D eigenvalue weighted by Crippen LogP contribution is -2.44. The maximum Gasteiger partial charge on any atom is 0.191 e. The first-order valence-corrected chi connectivity index (χ1v) is 8.89. The highest BCUT2D eigenvalue weighted by atomic mass is 16.5. The quantitative estimate of drug-likeness (QED) is 0.414. The smallest absolute Gasteiger partial charge is 0.191 e. The summed E-state index contributed by atoms with van der Waals surface area (Å²) in [6, 6.07) is 9.87. The number of methoxy groups -OCH3 is 1. The average Bonchev–Trinajstić information content (AvgIpc) is 3.09. The topological polar surface area (TPSA) is 54.9 Å². The number of guanidine groups is 1. The lowest BCUT2D eigenvalue weighted by atomic mass is 9.83. The van der Waals surface area contributed by atoms with Crippen LogP contribution in [0.3, 0.4) is 0 Å². The molecule has 0 unspecified atom stereocenters. The zero-order valence-corrected chi connectivity index (χ0v) is 15.0. The molecular weight excluding hydrogens is 302 g/mol. The van der Waals surface area contributed by atoms with Crippen LogP contribution in [-0.2, 0) is 4.74 Å². The molecule has 0 radical (unpaired) electrons. The first kappa shape index (κ1) is 18.6. The second-order valence-corrected chi connectivity index (χ2v) is 6.46. The lowest BCUT2D eigenvalue weighted by Gasteiger charge is -2.29. The Morgan fingerprint density at radius 3 is 2.54 bits per heavy atom. The van der Waals surface area contributed by atoms with Gasteiger partial charge in [-0.2, -0.15) is 0 Å². The van der Waals surface area contributed by atoms with Gasteiger partial charge in [0.25, 0.3) is 0 Å². The molecule has 0 bridgehead atoms. The SMILES string of the molecule is CN=C(NCCOc1ccccc1)NCC1(CCOC)CCCC1. The molecular formula is C19H31N3O2. The van der Waals surface area contributed by atoms with Gasteiger partial charge in [-0.05, 0) is 36.8 Å². The van der Waals surface area contributed by atoms with Crippen LogP contribution in [0.25, 0.3) is 0 Å². The Labute approximate surface area is 145 Å². The molecule has 2 rings (SSSR count). The second-order valence-electron chi connectivity index (χ2n) is 6.46. The number of nitrogens with zero attached hydrogens (tertiary/aromatic N) is 1. The van der Waals surface area contributed by atoms with E-state index in [0.29, 0.717) is 12.0 Å². The number of benzene rings is 1. The van der Waals surface area contributed by atoms with Crippen LogP contribution in [0.1, 0.15) is 32.1 Å². The molecule has 0 atom stereocenters. The number of aliphatic imine (C=N–C) groups is 1. The van der Waals surface area contributed by atoms with Crippen LogP contribution in [0.15, 0.2) is 35.3 Å². The Balaban J connectivity index is 1.69. The van der Waals surface area contributed by atoms with E-state index in [2.05, 4.69) is 15.6 Å². The van der Waals surface area contributed by atoms with Gasteiger partial charge in [-0.1, -0.05) is 31.0 Å². The summed E-state index contributed by atoms with van der Waals surface area (Å²) in [5, 5.41) is 6.81. The van der Waals surface area contributed by atoms with E-state index in [1.165, 1.54) is 25.7 Å². The van der Waals surface area contributed by atoms with E-state index in [9.17, 15) is 0 Å². The Bertz CT molecular complexity index is 485. The van der Waals surface area contributed by atoms with E-state index in [1.807, 2.05) is 37.4 Å². The van der Waals surface area contributed by atoms with Crippen molar-refractivity contribution in [2.24, 2.45) is 10.4 Å². The van der Waals surface area contributed by atoms with E-state index in [4.69, 9.17) is 9.47 Å². The van der Waals surface area contributed by atoms with Crippen molar-refractivity contribution in [2.75, 3.05) is 40.5 Å². The monoisotopic (exact) mass is 333 g/mol. The number of rotatable bonds is 9. The second kappa shape index (κ2) is 10.2. The minimum Gasteiger partial charge on any atom is -0.492 e. The van der Waals surface area contributed by atoms with Gasteiger partial charge in [-0.15, -0.1) is 0 Å². The minimum atomic E-state index is 0.355. The van der Waals surface area contributed by atoms with Crippen molar-refractivity contribution in [3.63, 3.8) is 0 Å². The number of ether oxygens (including phenoxy) is 2. The molecule has 0 saturated heterocycles. The Hall–Kier alpha value is -1.75. The van der Waals surface area contributed by atoms with Crippen molar-refractivity contribution < 1.29 is 9.47 Å². The summed E-state index contributed by atoms with van der Waals surface area (Å²) in [4.78, 5) is 4.31. The molecule has 1 aliphatic carbocycles. The third kappa shape index (κ3) is 6.04. The van der Waals surface area contributed by atoms with Crippen molar-refractivity contribution >= 4 is 5.96 Å². The first-order chi connectivity index (χ1) is 11.8. The number of para-hydroxylation sites is 1. The fraction of sp³-hybridized carbons (Fsp3) is 0.632. The van der Waals surface area contributed by atoms with Crippen LogP contribution in [0, 0.1) is 5.41 Å². The maximum absolute atomic E-state index is 5.69. The van der Waals surface area contributed by atoms with E-state index in [1.54, 1.807) is 7.11 Å². The number of hydrogen-bond acceptors (Lipinski definition) is 3. The third-order valence-corrected chi connectivity index (χ3v) is 4.76. The van der Waals surface area contributed by atoms with Crippen LogP contribution < -0.4 is 15.4 Å². The molecule has 5 nitrogen and oxygen atoms in total. The molecule has 0 heterocycles. The van der Waals surface area contributed by atoms with Gasteiger partial charge in [0.1, 0.15) is 12.4 Å². The van der Waals surface area contributed by atoms with Crippen molar-refractivity contribution in [3.8, 4) is 5.75 Å². The van der Waals surface area contributed by atoms with Crippen LogP contribution >= 0.6 is 0 Å².